The minimum atomic E-state index is -0.356. The van der Waals surface area contributed by atoms with Crippen LogP contribution in [0.3, 0.4) is 0 Å². The Labute approximate surface area is 94.7 Å². The smallest absolute Gasteiger partial charge is 0.130 e. The van der Waals surface area contributed by atoms with E-state index in [2.05, 4.69) is 0 Å². The van der Waals surface area contributed by atoms with Gasteiger partial charge in [-0.15, -0.1) is 0 Å². The molecule has 0 aromatic heterocycles. The third-order valence-electron chi connectivity index (χ3n) is 2.81. The Morgan fingerprint density at radius 2 is 2.25 bits per heavy atom. The van der Waals surface area contributed by atoms with E-state index < -0.39 is 0 Å². The van der Waals surface area contributed by atoms with Gasteiger partial charge in [0, 0.05) is 12.2 Å². The molecule has 0 aliphatic heterocycles. The van der Waals surface area contributed by atoms with Crippen molar-refractivity contribution in [1.29, 1.82) is 5.26 Å². The number of ether oxygens (including phenoxy) is 1. The zero-order valence-electron chi connectivity index (χ0n) is 9.08. The molecule has 1 aliphatic carbocycles. The van der Waals surface area contributed by atoms with Crippen molar-refractivity contribution in [1.82, 2.24) is 0 Å². The van der Waals surface area contributed by atoms with Crippen LogP contribution in [0.4, 0.5) is 4.39 Å². The van der Waals surface area contributed by atoms with Crippen LogP contribution in [0.5, 0.6) is 0 Å². The molecule has 0 radical (unpaired) electrons. The van der Waals surface area contributed by atoms with Crippen molar-refractivity contribution >= 4 is 0 Å². The summed E-state index contributed by atoms with van der Waals surface area (Å²) < 4.78 is 18.8. The predicted octanol–water partition coefficient (Wildman–Crippen LogP) is 3.01. The lowest BCUT2D eigenvalue weighted by Gasteiger charge is -2.05. The lowest BCUT2D eigenvalue weighted by Crippen LogP contribution is -1.99. The molecule has 0 N–H and O–H groups in total. The van der Waals surface area contributed by atoms with Crippen molar-refractivity contribution in [3.8, 4) is 6.07 Å². The lowest BCUT2D eigenvalue weighted by atomic mass is 10.1. The van der Waals surface area contributed by atoms with Crippen LogP contribution in [0, 0.1) is 23.1 Å². The monoisotopic (exact) mass is 219 g/mol. The summed E-state index contributed by atoms with van der Waals surface area (Å²) in [4.78, 5) is 0. The molecule has 2 nitrogen and oxygen atoms in total. The zero-order valence-corrected chi connectivity index (χ0v) is 9.08. The summed E-state index contributed by atoms with van der Waals surface area (Å²) in [6.07, 6.45) is 3.71. The first-order valence-corrected chi connectivity index (χ1v) is 5.56. The Hall–Kier alpha value is -1.40. The average Bonchev–Trinajstić information content (AvgIpc) is 3.10. The van der Waals surface area contributed by atoms with Crippen LogP contribution < -0.4 is 0 Å². The molecule has 2 rings (SSSR count). The number of halogens is 1. The standard InChI is InChI=1S/C13H14FNO/c14-13-7-11(8-15)3-4-12(13)9-16-6-5-10-1-2-10/h3-4,7,10H,1-2,5-6,9H2. The second-order valence-electron chi connectivity index (χ2n) is 4.20. The highest BCUT2D eigenvalue weighted by Gasteiger charge is 2.20. The van der Waals surface area contributed by atoms with Crippen LogP contribution in [0.2, 0.25) is 0 Å². The molecule has 1 aromatic carbocycles. The molecular formula is C13H14FNO. The first-order chi connectivity index (χ1) is 7.79. The molecule has 1 saturated carbocycles. The van der Waals surface area contributed by atoms with Gasteiger partial charge in [0.1, 0.15) is 5.82 Å². The molecule has 0 atom stereocenters. The fraction of sp³-hybridized carbons (Fsp3) is 0.462. The Bertz CT molecular complexity index is 407. The molecule has 84 valence electrons. The van der Waals surface area contributed by atoms with Crippen LogP contribution in [-0.4, -0.2) is 6.61 Å². The third kappa shape index (κ3) is 3.04. The maximum atomic E-state index is 13.4. The van der Waals surface area contributed by atoms with E-state index in [9.17, 15) is 4.39 Å². The summed E-state index contributed by atoms with van der Waals surface area (Å²) in [5.74, 6) is 0.483. The van der Waals surface area contributed by atoms with Gasteiger partial charge in [-0.25, -0.2) is 4.39 Å². The number of nitriles is 1. The molecule has 0 unspecified atom stereocenters. The van der Waals surface area contributed by atoms with E-state index in [1.807, 2.05) is 6.07 Å². The van der Waals surface area contributed by atoms with Crippen molar-refractivity contribution in [2.45, 2.75) is 25.9 Å². The molecule has 0 heterocycles. The second-order valence-corrected chi connectivity index (χ2v) is 4.20. The topological polar surface area (TPSA) is 33.0 Å². The summed E-state index contributed by atoms with van der Waals surface area (Å²) in [7, 11) is 0. The Morgan fingerprint density at radius 1 is 1.44 bits per heavy atom. The SMILES string of the molecule is N#Cc1ccc(COCCC2CC2)c(F)c1. The van der Waals surface area contributed by atoms with Crippen LogP contribution in [0.15, 0.2) is 18.2 Å². The maximum absolute atomic E-state index is 13.4. The van der Waals surface area contributed by atoms with Crippen molar-refractivity contribution in [2.75, 3.05) is 6.61 Å². The van der Waals surface area contributed by atoms with E-state index in [0.717, 1.165) is 12.3 Å². The minimum absolute atomic E-state index is 0.296. The molecule has 16 heavy (non-hydrogen) atoms. The van der Waals surface area contributed by atoms with Gasteiger partial charge in [-0.05, 0) is 24.5 Å². The number of hydrogen-bond acceptors (Lipinski definition) is 2. The Morgan fingerprint density at radius 3 is 2.88 bits per heavy atom. The van der Waals surface area contributed by atoms with Crippen LogP contribution >= 0.6 is 0 Å². The van der Waals surface area contributed by atoms with Crippen molar-refractivity contribution in [3.05, 3.63) is 35.1 Å². The summed E-state index contributed by atoms with van der Waals surface area (Å²) in [5.41, 5.74) is 0.869. The van der Waals surface area contributed by atoms with E-state index in [0.29, 0.717) is 24.3 Å². The highest BCUT2D eigenvalue weighted by molar-refractivity contribution is 5.32. The highest BCUT2D eigenvalue weighted by Crippen LogP contribution is 2.32. The first-order valence-electron chi connectivity index (χ1n) is 5.56. The van der Waals surface area contributed by atoms with Gasteiger partial charge < -0.3 is 4.74 Å². The molecule has 0 saturated heterocycles. The molecule has 0 spiro atoms. The fourth-order valence-corrected chi connectivity index (χ4v) is 1.57. The van der Waals surface area contributed by atoms with Gasteiger partial charge in [-0.3, -0.25) is 0 Å². The van der Waals surface area contributed by atoms with E-state index in [4.69, 9.17) is 10.00 Å². The molecule has 0 amide bonds. The first kappa shape index (κ1) is 11.1. The van der Waals surface area contributed by atoms with Crippen molar-refractivity contribution in [3.63, 3.8) is 0 Å². The van der Waals surface area contributed by atoms with Crippen molar-refractivity contribution < 1.29 is 9.13 Å². The van der Waals surface area contributed by atoms with Gasteiger partial charge in [0.2, 0.25) is 0 Å². The minimum Gasteiger partial charge on any atom is -0.377 e. The second kappa shape index (κ2) is 5.09. The normalized spacial score (nSPS) is 14.8. The Balaban J connectivity index is 1.81. The molecule has 1 fully saturated rings. The van der Waals surface area contributed by atoms with Crippen LogP contribution in [0.25, 0.3) is 0 Å². The highest BCUT2D eigenvalue weighted by atomic mass is 19.1. The van der Waals surface area contributed by atoms with Gasteiger partial charge in [-0.1, -0.05) is 18.9 Å². The van der Waals surface area contributed by atoms with Gasteiger partial charge in [0.05, 0.1) is 18.2 Å². The summed E-state index contributed by atoms with van der Waals surface area (Å²) in [6.45, 7) is 0.994. The number of nitrogens with zero attached hydrogens (tertiary/aromatic N) is 1. The molecule has 1 aliphatic rings. The Kier molecular flexibility index (Phi) is 3.53. The van der Waals surface area contributed by atoms with Crippen LogP contribution in [-0.2, 0) is 11.3 Å². The number of hydrogen-bond donors (Lipinski definition) is 0. The average molecular weight is 219 g/mol. The quantitative estimate of drug-likeness (QED) is 0.713. The number of benzene rings is 1. The number of rotatable bonds is 5. The fourth-order valence-electron chi connectivity index (χ4n) is 1.57. The summed E-state index contributed by atoms with van der Waals surface area (Å²) >= 11 is 0. The predicted molar refractivity (Wildman–Crippen MR) is 58.1 cm³/mol. The van der Waals surface area contributed by atoms with Gasteiger partial charge in [-0.2, -0.15) is 5.26 Å². The largest absolute Gasteiger partial charge is 0.377 e. The van der Waals surface area contributed by atoms with Gasteiger partial charge >= 0.3 is 0 Å². The molecular weight excluding hydrogens is 205 g/mol. The summed E-state index contributed by atoms with van der Waals surface area (Å²) in [5, 5.41) is 8.59. The molecule has 1 aromatic rings. The van der Waals surface area contributed by atoms with E-state index in [-0.39, 0.29) is 5.82 Å². The summed E-state index contributed by atoms with van der Waals surface area (Å²) in [6, 6.07) is 6.38. The van der Waals surface area contributed by atoms with Gasteiger partial charge in [0.15, 0.2) is 0 Å². The van der Waals surface area contributed by atoms with E-state index in [1.165, 1.54) is 18.9 Å². The molecule has 3 heteroatoms. The van der Waals surface area contributed by atoms with E-state index in [1.54, 1.807) is 12.1 Å². The maximum Gasteiger partial charge on any atom is 0.130 e. The van der Waals surface area contributed by atoms with Crippen LogP contribution in [0.1, 0.15) is 30.4 Å². The third-order valence-corrected chi connectivity index (χ3v) is 2.81. The van der Waals surface area contributed by atoms with Gasteiger partial charge in [0.25, 0.3) is 0 Å². The van der Waals surface area contributed by atoms with Crippen molar-refractivity contribution in [2.24, 2.45) is 5.92 Å². The zero-order chi connectivity index (χ0) is 11.4. The lowest BCUT2D eigenvalue weighted by molar-refractivity contribution is 0.113. The van der Waals surface area contributed by atoms with E-state index >= 15 is 0 Å². The molecule has 0 bridgehead atoms.